The number of halogens is 1. The van der Waals surface area contributed by atoms with Crippen molar-refractivity contribution in [3.8, 4) is 44.5 Å². The van der Waals surface area contributed by atoms with Crippen molar-refractivity contribution in [1.29, 1.82) is 0 Å². The summed E-state index contributed by atoms with van der Waals surface area (Å²) < 4.78 is 13.8. The Kier molecular flexibility index (Phi) is 7.74. The van der Waals surface area contributed by atoms with Gasteiger partial charge in [-0.05, 0) is 120 Å². The molecule has 0 spiro atoms. The highest BCUT2D eigenvalue weighted by molar-refractivity contribution is 6.07. The highest BCUT2D eigenvalue weighted by Crippen LogP contribution is 2.56. The van der Waals surface area contributed by atoms with Gasteiger partial charge in [-0.3, -0.25) is 0 Å². The van der Waals surface area contributed by atoms with E-state index in [1.54, 1.807) is 0 Å². The average Bonchev–Trinajstić information content (AvgIpc) is 3.48. The molecule has 9 aromatic carbocycles. The smallest absolute Gasteiger partial charge is 0.123 e. The molecule has 0 atom stereocenters. The van der Waals surface area contributed by atoms with Gasteiger partial charge in [0, 0.05) is 16.8 Å². The van der Waals surface area contributed by atoms with Crippen molar-refractivity contribution in [3.05, 3.63) is 211 Å². The number of rotatable bonds is 6. The maximum Gasteiger partial charge on any atom is 0.123 e. The Morgan fingerprint density at radius 1 is 0.418 bits per heavy atom. The van der Waals surface area contributed by atoms with Crippen LogP contribution in [0, 0.1) is 5.82 Å². The third kappa shape index (κ3) is 5.44. The monoisotopic (exact) mass is 707 g/mol. The van der Waals surface area contributed by atoms with E-state index in [-0.39, 0.29) is 11.2 Å². The second-order valence-electron chi connectivity index (χ2n) is 15.0. The molecule has 0 bridgehead atoms. The Labute approximate surface area is 321 Å². The van der Waals surface area contributed by atoms with Crippen LogP contribution in [-0.4, -0.2) is 0 Å². The summed E-state index contributed by atoms with van der Waals surface area (Å²) in [6.45, 7) is 4.72. The predicted molar refractivity (Wildman–Crippen MR) is 230 cm³/mol. The molecular formula is C53H38FN. The van der Waals surface area contributed by atoms with Crippen LogP contribution in [0.1, 0.15) is 25.0 Å². The summed E-state index contributed by atoms with van der Waals surface area (Å²) in [5.74, 6) is -0.232. The van der Waals surface area contributed by atoms with Crippen molar-refractivity contribution in [2.75, 3.05) is 4.90 Å². The van der Waals surface area contributed by atoms with E-state index < -0.39 is 0 Å². The number of hydrogen-bond acceptors (Lipinski definition) is 1. The number of nitrogens with zero attached hydrogens (tertiary/aromatic N) is 1. The maximum absolute atomic E-state index is 13.8. The summed E-state index contributed by atoms with van der Waals surface area (Å²) in [5.41, 5.74) is 15.2. The van der Waals surface area contributed by atoms with Crippen molar-refractivity contribution in [1.82, 2.24) is 0 Å². The Hall–Kier alpha value is -6.77. The predicted octanol–water partition coefficient (Wildman–Crippen LogP) is 14.9. The van der Waals surface area contributed by atoms with Crippen molar-refractivity contribution in [3.63, 3.8) is 0 Å². The molecule has 0 fully saturated rings. The summed E-state index contributed by atoms with van der Waals surface area (Å²) >= 11 is 0. The van der Waals surface area contributed by atoms with Gasteiger partial charge >= 0.3 is 0 Å². The zero-order valence-corrected chi connectivity index (χ0v) is 30.8. The van der Waals surface area contributed by atoms with Gasteiger partial charge in [-0.2, -0.15) is 0 Å². The molecule has 0 aromatic heterocycles. The Morgan fingerprint density at radius 3 is 1.62 bits per heavy atom. The molecule has 262 valence electrons. The molecule has 0 radical (unpaired) electrons. The second-order valence-corrected chi connectivity index (χ2v) is 15.0. The van der Waals surface area contributed by atoms with E-state index >= 15 is 0 Å². The van der Waals surface area contributed by atoms with E-state index in [1.165, 1.54) is 78.2 Å². The van der Waals surface area contributed by atoms with E-state index in [9.17, 15) is 4.39 Å². The van der Waals surface area contributed by atoms with Crippen molar-refractivity contribution >= 4 is 38.6 Å². The van der Waals surface area contributed by atoms with Crippen LogP contribution in [0.3, 0.4) is 0 Å². The normalized spacial score (nSPS) is 12.8. The molecule has 0 saturated heterocycles. The van der Waals surface area contributed by atoms with Crippen LogP contribution in [0.2, 0.25) is 0 Å². The lowest BCUT2D eigenvalue weighted by Crippen LogP contribution is -2.20. The summed E-state index contributed by atoms with van der Waals surface area (Å²) in [7, 11) is 0. The van der Waals surface area contributed by atoms with E-state index in [2.05, 4.69) is 189 Å². The van der Waals surface area contributed by atoms with Gasteiger partial charge in [-0.25, -0.2) is 4.39 Å². The average molecular weight is 708 g/mol. The number of anilines is 3. The maximum atomic E-state index is 13.8. The van der Waals surface area contributed by atoms with Crippen molar-refractivity contribution in [2.24, 2.45) is 0 Å². The van der Waals surface area contributed by atoms with Crippen LogP contribution >= 0.6 is 0 Å². The number of hydrogen-bond donors (Lipinski definition) is 0. The van der Waals surface area contributed by atoms with Crippen molar-refractivity contribution in [2.45, 2.75) is 19.3 Å². The second kappa shape index (κ2) is 13.0. The van der Waals surface area contributed by atoms with Crippen molar-refractivity contribution < 1.29 is 4.39 Å². The molecule has 1 aliphatic rings. The van der Waals surface area contributed by atoms with Gasteiger partial charge in [0.25, 0.3) is 0 Å². The fraction of sp³-hybridized carbons (Fsp3) is 0.0566. The van der Waals surface area contributed by atoms with Gasteiger partial charge in [0.1, 0.15) is 5.82 Å². The minimum Gasteiger partial charge on any atom is -0.310 e. The molecule has 55 heavy (non-hydrogen) atoms. The fourth-order valence-electron chi connectivity index (χ4n) is 8.91. The molecule has 0 N–H and O–H groups in total. The molecular weight excluding hydrogens is 670 g/mol. The van der Waals surface area contributed by atoms with Gasteiger partial charge in [0.2, 0.25) is 0 Å². The Morgan fingerprint density at radius 2 is 0.945 bits per heavy atom. The highest BCUT2D eigenvalue weighted by Gasteiger charge is 2.39. The fourth-order valence-corrected chi connectivity index (χ4v) is 8.91. The quantitative estimate of drug-likeness (QED) is 0.166. The first kappa shape index (κ1) is 32.8. The number of benzene rings is 9. The molecule has 1 nitrogen and oxygen atoms in total. The minimum atomic E-state index is -0.242. The zero-order valence-electron chi connectivity index (χ0n) is 30.8. The first-order valence-corrected chi connectivity index (χ1v) is 19.0. The summed E-state index contributed by atoms with van der Waals surface area (Å²) in [6.07, 6.45) is 0. The molecule has 10 rings (SSSR count). The van der Waals surface area contributed by atoms with Crippen LogP contribution in [0.5, 0.6) is 0 Å². The first-order chi connectivity index (χ1) is 27.0. The third-order valence-electron chi connectivity index (χ3n) is 11.5. The highest BCUT2D eigenvalue weighted by atomic mass is 19.1. The summed E-state index contributed by atoms with van der Waals surface area (Å²) in [4.78, 5) is 2.41. The lowest BCUT2D eigenvalue weighted by atomic mass is 9.81. The molecule has 2 heteroatoms. The van der Waals surface area contributed by atoms with Crippen LogP contribution in [-0.2, 0) is 5.41 Å². The molecule has 0 saturated carbocycles. The van der Waals surface area contributed by atoms with Gasteiger partial charge in [-0.1, -0.05) is 166 Å². The van der Waals surface area contributed by atoms with E-state index in [0.717, 1.165) is 28.2 Å². The Balaban J connectivity index is 1.14. The largest absolute Gasteiger partial charge is 0.310 e. The van der Waals surface area contributed by atoms with Crippen LogP contribution in [0.25, 0.3) is 66.1 Å². The molecule has 0 unspecified atom stereocenters. The summed E-state index contributed by atoms with van der Waals surface area (Å²) in [6, 6.07) is 68.4. The lowest BCUT2D eigenvalue weighted by Gasteiger charge is -2.32. The summed E-state index contributed by atoms with van der Waals surface area (Å²) in [5, 5.41) is 5.02. The van der Waals surface area contributed by atoms with Crippen LogP contribution in [0.4, 0.5) is 21.5 Å². The molecule has 0 aliphatic heterocycles. The molecule has 1 aliphatic carbocycles. The van der Waals surface area contributed by atoms with Gasteiger partial charge < -0.3 is 4.90 Å². The van der Waals surface area contributed by atoms with Gasteiger partial charge in [0.05, 0.1) is 5.69 Å². The van der Waals surface area contributed by atoms with E-state index in [1.807, 2.05) is 12.1 Å². The molecule has 9 aromatic rings. The lowest BCUT2D eigenvalue weighted by molar-refractivity contribution is 0.628. The van der Waals surface area contributed by atoms with E-state index in [0.29, 0.717) is 0 Å². The van der Waals surface area contributed by atoms with Gasteiger partial charge in [-0.15, -0.1) is 0 Å². The zero-order chi connectivity index (χ0) is 37.1. The first-order valence-electron chi connectivity index (χ1n) is 19.0. The topological polar surface area (TPSA) is 3.24 Å². The third-order valence-corrected chi connectivity index (χ3v) is 11.5. The molecule has 0 amide bonds. The van der Waals surface area contributed by atoms with E-state index in [4.69, 9.17) is 0 Å². The van der Waals surface area contributed by atoms with Crippen LogP contribution in [0.15, 0.2) is 194 Å². The molecule has 0 heterocycles. The minimum absolute atomic E-state index is 0.232. The van der Waals surface area contributed by atoms with Crippen LogP contribution < -0.4 is 4.90 Å². The number of fused-ring (bicyclic) bond motifs is 6. The Bertz CT molecular complexity index is 2870. The van der Waals surface area contributed by atoms with Gasteiger partial charge in [0.15, 0.2) is 0 Å². The standard InChI is InChI=1S/C53H38FN/c1-53(2)48-34-27-38-13-6-7-16-46(38)51(48)47-19-10-20-49(52(47)53)55(42-30-23-36(24-31-42)35-21-28-41(54)29-22-35)43-32-25-39(26-33-43)45-18-9-15-40-14-8-17-44(50(40)45)37-11-4-3-5-12-37/h3-34H,1-2H3. The SMILES string of the molecule is CC1(C)c2ccc3ccccc3c2-c2cccc(N(c3ccc(-c4ccc(F)cc4)cc3)c3ccc(-c4cccc5cccc(-c6ccccc6)c45)cc3)c21.